The number of ether oxygens (including phenoxy) is 1. The fourth-order valence-corrected chi connectivity index (χ4v) is 2.07. The highest BCUT2D eigenvalue weighted by Crippen LogP contribution is 2.15. The van der Waals surface area contributed by atoms with Crippen molar-refractivity contribution in [2.24, 2.45) is 5.92 Å². The number of rotatable bonds is 7. The van der Waals surface area contributed by atoms with E-state index in [0.717, 1.165) is 25.5 Å². The van der Waals surface area contributed by atoms with Crippen molar-refractivity contribution in [1.82, 2.24) is 20.4 Å². The number of methoxy groups -OCH3 is 1. The average Bonchev–Trinajstić information content (AvgIpc) is 2.86. The summed E-state index contributed by atoms with van der Waals surface area (Å²) in [4.78, 5) is 11.5. The SMILES string of the molecule is COCCNC(=O)CNC[C@@H]1CNc2ccnn2C1. The summed E-state index contributed by atoms with van der Waals surface area (Å²) in [6, 6.07) is 1.97. The summed E-state index contributed by atoms with van der Waals surface area (Å²) >= 11 is 0. The Bertz CT molecular complexity index is 407. The first-order valence-electron chi connectivity index (χ1n) is 6.51. The van der Waals surface area contributed by atoms with E-state index in [2.05, 4.69) is 21.0 Å². The van der Waals surface area contributed by atoms with Gasteiger partial charge in [0.1, 0.15) is 5.82 Å². The third kappa shape index (κ3) is 4.22. The topological polar surface area (TPSA) is 80.2 Å². The third-order valence-electron chi connectivity index (χ3n) is 3.07. The molecule has 1 aromatic rings. The molecular weight excluding hydrogens is 246 g/mol. The van der Waals surface area contributed by atoms with Crippen LogP contribution in [0.3, 0.4) is 0 Å². The zero-order valence-electron chi connectivity index (χ0n) is 11.2. The van der Waals surface area contributed by atoms with Gasteiger partial charge < -0.3 is 20.7 Å². The number of amides is 1. The van der Waals surface area contributed by atoms with Crippen molar-refractivity contribution in [2.45, 2.75) is 6.54 Å². The second-order valence-corrected chi connectivity index (χ2v) is 4.62. The summed E-state index contributed by atoms with van der Waals surface area (Å²) in [6.07, 6.45) is 1.79. The maximum absolute atomic E-state index is 11.5. The molecule has 0 bridgehead atoms. The van der Waals surface area contributed by atoms with E-state index in [1.54, 1.807) is 13.3 Å². The van der Waals surface area contributed by atoms with Crippen LogP contribution in [0.15, 0.2) is 12.3 Å². The molecule has 7 heteroatoms. The molecule has 3 N–H and O–H groups in total. The molecule has 1 amide bonds. The van der Waals surface area contributed by atoms with Crippen molar-refractivity contribution in [3.8, 4) is 0 Å². The van der Waals surface area contributed by atoms with Crippen LogP contribution in [-0.2, 0) is 16.1 Å². The first-order valence-corrected chi connectivity index (χ1v) is 6.51. The minimum Gasteiger partial charge on any atom is -0.383 e. The van der Waals surface area contributed by atoms with E-state index in [1.165, 1.54) is 0 Å². The van der Waals surface area contributed by atoms with Crippen LogP contribution in [0.25, 0.3) is 0 Å². The lowest BCUT2D eigenvalue weighted by atomic mass is 10.1. The molecule has 1 atom stereocenters. The van der Waals surface area contributed by atoms with Crippen LogP contribution >= 0.6 is 0 Å². The lowest BCUT2D eigenvalue weighted by Gasteiger charge is -2.25. The van der Waals surface area contributed by atoms with Gasteiger partial charge in [-0.2, -0.15) is 5.10 Å². The third-order valence-corrected chi connectivity index (χ3v) is 3.07. The Hall–Kier alpha value is -1.60. The number of anilines is 1. The van der Waals surface area contributed by atoms with Crippen LogP contribution in [-0.4, -0.2) is 55.6 Å². The maximum Gasteiger partial charge on any atom is 0.234 e. The molecule has 106 valence electrons. The maximum atomic E-state index is 11.5. The normalized spacial score (nSPS) is 17.6. The molecular formula is C12H21N5O2. The standard InChI is InChI=1S/C12H21N5O2/c1-19-5-4-14-12(18)8-13-6-10-7-15-11-2-3-16-17(11)9-10/h2-3,10,13,15H,4-9H2,1H3,(H,14,18)/t10-/m1/s1. The predicted octanol–water partition coefficient (Wildman–Crippen LogP) is -0.723. The highest BCUT2D eigenvalue weighted by atomic mass is 16.5. The van der Waals surface area contributed by atoms with E-state index in [4.69, 9.17) is 4.74 Å². The molecule has 0 fully saturated rings. The molecule has 0 saturated heterocycles. The van der Waals surface area contributed by atoms with Gasteiger partial charge in [-0.3, -0.25) is 4.79 Å². The van der Waals surface area contributed by atoms with E-state index >= 15 is 0 Å². The number of hydrogen-bond donors (Lipinski definition) is 3. The number of nitrogens with one attached hydrogen (secondary N) is 3. The Morgan fingerprint density at radius 2 is 2.58 bits per heavy atom. The van der Waals surface area contributed by atoms with E-state index in [1.807, 2.05) is 10.7 Å². The van der Waals surface area contributed by atoms with Crippen molar-refractivity contribution >= 4 is 11.7 Å². The van der Waals surface area contributed by atoms with Gasteiger partial charge in [-0.1, -0.05) is 0 Å². The lowest BCUT2D eigenvalue weighted by Crippen LogP contribution is -2.40. The van der Waals surface area contributed by atoms with Crippen molar-refractivity contribution in [2.75, 3.05) is 45.2 Å². The Kier molecular flexibility index (Phi) is 5.17. The zero-order valence-corrected chi connectivity index (χ0v) is 11.2. The van der Waals surface area contributed by atoms with Gasteiger partial charge in [0, 0.05) is 45.3 Å². The Labute approximate surface area is 112 Å². The zero-order chi connectivity index (χ0) is 13.5. The van der Waals surface area contributed by atoms with Gasteiger partial charge in [0.05, 0.1) is 19.3 Å². The Morgan fingerprint density at radius 3 is 3.42 bits per heavy atom. The van der Waals surface area contributed by atoms with Gasteiger partial charge in [-0.05, 0) is 0 Å². The first-order chi connectivity index (χ1) is 9.29. The fraction of sp³-hybridized carbons (Fsp3) is 0.667. The Balaban J connectivity index is 1.60. The van der Waals surface area contributed by atoms with Gasteiger partial charge in [0.15, 0.2) is 0 Å². The van der Waals surface area contributed by atoms with Gasteiger partial charge in [0.2, 0.25) is 5.91 Å². The van der Waals surface area contributed by atoms with E-state index < -0.39 is 0 Å². The smallest absolute Gasteiger partial charge is 0.234 e. The van der Waals surface area contributed by atoms with Crippen LogP contribution in [0.2, 0.25) is 0 Å². The average molecular weight is 267 g/mol. The molecule has 2 rings (SSSR count). The molecule has 0 spiro atoms. The minimum atomic E-state index is 0.000553. The fourth-order valence-electron chi connectivity index (χ4n) is 2.07. The van der Waals surface area contributed by atoms with E-state index in [9.17, 15) is 4.79 Å². The molecule has 0 aromatic carbocycles. The summed E-state index contributed by atoms with van der Waals surface area (Å²) in [5, 5.41) is 13.5. The van der Waals surface area contributed by atoms with Crippen LogP contribution in [0.5, 0.6) is 0 Å². The summed E-state index contributed by atoms with van der Waals surface area (Å²) in [5.74, 6) is 1.51. The van der Waals surface area contributed by atoms with Crippen LogP contribution in [0.4, 0.5) is 5.82 Å². The van der Waals surface area contributed by atoms with Crippen molar-refractivity contribution in [3.63, 3.8) is 0 Å². The summed E-state index contributed by atoms with van der Waals surface area (Å²) in [6.45, 7) is 4.02. The summed E-state index contributed by atoms with van der Waals surface area (Å²) in [5.41, 5.74) is 0. The quantitative estimate of drug-likeness (QED) is 0.568. The first kappa shape index (κ1) is 13.8. The molecule has 0 unspecified atom stereocenters. The molecule has 0 saturated carbocycles. The van der Waals surface area contributed by atoms with Crippen LogP contribution in [0.1, 0.15) is 0 Å². The van der Waals surface area contributed by atoms with E-state index in [0.29, 0.717) is 25.6 Å². The highest BCUT2D eigenvalue weighted by molar-refractivity contribution is 5.77. The van der Waals surface area contributed by atoms with Gasteiger partial charge in [-0.15, -0.1) is 0 Å². The van der Waals surface area contributed by atoms with Gasteiger partial charge in [0.25, 0.3) is 0 Å². The van der Waals surface area contributed by atoms with Crippen molar-refractivity contribution in [3.05, 3.63) is 12.3 Å². The van der Waals surface area contributed by atoms with Crippen LogP contribution in [0, 0.1) is 5.92 Å². The lowest BCUT2D eigenvalue weighted by molar-refractivity contribution is -0.120. The van der Waals surface area contributed by atoms with Crippen molar-refractivity contribution < 1.29 is 9.53 Å². The molecule has 1 aliphatic rings. The molecule has 2 heterocycles. The van der Waals surface area contributed by atoms with Gasteiger partial charge in [-0.25, -0.2) is 4.68 Å². The number of aromatic nitrogens is 2. The monoisotopic (exact) mass is 267 g/mol. The highest BCUT2D eigenvalue weighted by Gasteiger charge is 2.17. The van der Waals surface area contributed by atoms with Crippen LogP contribution < -0.4 is 16.0 Å². The van der Waals surface area contributed by atoms with Crippen molar-refractivity contribution in [1.29, 1.82) is 0 Å². The molecule has 0 radical (unpaired) electrons. The molecule has 19 heavy (non-hydrogen) atoms. The van der Waals surface area contributed by atoms with E-state index in [-0.39, 0.29) is 5.91 Å². The largest absolute Gasteiger partial charge is 0.383 e. The second-order valence-electron chi connectivity index (χ2n) is 4.62. The predicted molar refractivity (Wildman–Crippen MR) is 72.0 cm³/mol. The number of hydrogen-bond acceptors (Lipinski definition) is 5. The Morgan fingerprint density at radius 1 is 1.68 bits per heavy atom. The second kappa shape index (κ2) is 7.10. The summed E-state index contributed by atoms with van der Waals surface area (Å²) in [7, 11) is 1.62. The molecule has 0 aliphatic carbocycles. The number of fused-ring (bicyclic) bond motifs is 1. The summed E-state index contributed by atoms with van der Waals surface area (Å²) < 4.78 is 6.82. The number of nitrogens with zero attached hydrogens (tertiary/aromatic N) is 2. The minimum absolute atomic E-state index is 0.000553. The van der Waals surface area contributed by atoms with Gasteiger partial charge >= 0.3 is 0 Å². The number of carbonyl (C=O) groups excluding carboxylic acids is 1. The molecule has 7 nitrogen and oxygen atoms in total. The number of carbonyl (C=O) groups is 1. The molecule has 1 aromatic heterocycles. The molecule has 1 aliphatic heterocycles.